The van der Waals surface area contributed by atoms with E-state index in [0.717, 1.165) is 35.5 Å². The van der Waals surface area contributed by atoms with Crippen LogP contribution in [0.15, 0.2) is 29.4 Å². The molecule has 0 bridgehead atoms. The van der Waals surface area contributed by atoms with E-state index < -0.39 is 0 Å². The van der Waals surface area contributed by atoms with Crippen LogP contribution in [0.25, 0.3) is 11.0 Å². The summed E-state index contributed by atoms with van der Waals surface area (Å²) in [5.74, 6) is 0. The van der Waals surface area contributed by atoms with Gasteiger partial charge in [0.05, 0.1) is 17.1 Å². The normalized spacial score (nSPS) is 25.2. The van der Waals surface area contributed by atoms with Gasteiger partial charge in [-0.2, -0.15) is 0 Å². The highest BCUT2D eigenvalue weighted by Crippen LogP contribution is 2.33. The number of para-hydroxylation sites is 2. The zero-order valence-corrected chi connectivity index (χ0v) is 10.4. The minimum atomic E-state index is -0.179. The molecule has 1 saturated carbocycles. The SMILES string of the molecule is O[C@@H]1CCCC[C@H]1Sc1nc2ccccc2[nH]1. The molecule has 90 valence electrons. The molecule has 3 nitrogen and oxygen atoms in total. The Labute approximate surface area is 105 Å². The van der Waals surface area contributed by atoms with Gasteiger partial charge in [0, 0.05) is 5.25 Å². The van der Waals surface area contributed by atoms with Gasteiger partial charge in [-0.3, -0.25) is 0 Å². The second kappa shape index (κ2) is 4.70. The highest BCUT2D eigenvalue weighted by atomic mass is 32.2. The molecule has 2 aromatic rings. The molecule has 1 heterocycles. The molecule has 0 unspecified atom stereocenters. The number of hydrogen-bond acceptors (Lipinski definition) is 3. The zero-order valence-electron chi connectivity index (χ0n) is 9.60. The van der Waals surface area contributed by atoms with Crippen LogP contribution in [0.4, 0.5) is 0 Å². The van der Waals surface area contributed by atoms with Crippen molar-refractivity contribution in [3.05, 3.63) is 24.3 Å². The van der Waals surface area contributed by atoms with Gasteiger partial charge >= 0.3 is 0 Å². The first-order chi connectivity index (χ1) is 8.33. The first-order valence-electron chi connectivity index (χ1n) is 6.12. The van der Waals surface area contributed by atoms with Crippen LogP contribution < -0.4 is 0 Å². The molecule has 0 radical (unpaired) electrons. The Morgan fingerprint density at radius 3 is 2.88 bits per heavy atom. The average Bonchev–Trinajstić information content (AvgIpc) is 2.74. The van der Waals surface area contributed by atoms with Gasteiger partial charge in [-0.15, -0.1) is 0 Å². The Bertz CT molecular complexity index is 478. The summed E-state index contributed by atoms with van der Waals surface area (Å²) >= 11 is 1.68. The summed E-state index contributed by atoms with van der Waals surface area (Å²) in [6.45, 7) is 0. The van der Waals surface area contributed by atoms with Gasteiger partial charge in [0.1, 0.15) is 0 Å². The van der Waals surface area contributed by atoms with Gasteiger partial charge in [-0.05, 0) is 25.0 Å². The van der Waals surface area contributed by atoms with E-state index in [-0.39, 0.29) is 6.10 Å². The smallest absolute Gasteiger partial charge is 0.166 e. The van der Waals surface area contributed by atoms with Crippen LogP contribution in [-0.4, -0.2) is 26.4 Å². The van der Waals surface area contributed by atoms with E-state index in [2.05, 4.69) is 9.97 Å². The number of aliphatic hydroxyl groups excluding tert-OH is 1. The second-order valence-electron chi connectivity index (χ2n) is 4.57. The predicted molar refractivity (Wildman–Crippen MR) is 70.2 cm³/mol. The molecule has 0 aliphatic heterocycles. The van der Waals surface area contributed by atoms with Gasteiger partial charge in [-0.1, -0.05) is 36.7 Å². The quantitative estimate of drug-likeness (QED) is 0.859. The van der Waals surface area contributed by atoms with Crippen LogP contribution in [0.1, 0.15) is 25.7 Å². The number of imidazole rings is 1. The number of H-pyrrole nitrogens is 1. The number of rotatable bonds is 2. The third-order valence-corrected chi connectivity index (χ3v) is 4.57. The largest absolute Gasteiger partial charge is 0.392 e. The van der Waals surface area contributed by atoms with E-state index in [0.29, 0.717) is 5.25 Å². The van der Waals surface area contributed by atoms with E-state index in [4.69, 9.17) is 0 Å². The van der Waals surface area contributed by atoms with Crippen molar-refractivity contribution in [2.24, 2.45) is 0 Å². The molecule has 0 amide bonds. The lowest BCUT2D eigenvalue weighted by molar-refractivity contribution is 0.137. The van der Waals surface area contributed by atoms with E-state index >= 15 is 0 Å². The molecule has 0 saturated heterocycles. The lowest BCUT2D eigenvalue weighted by Gasteiger charge is -2.25. The first kappa shape index (κ1) is 11.1. The minimum Gasteiger partial charge on any atom is -0.392 e. The lowest BCUT2D eigenvalue weighted by atomic mass is 9.97. The zero-order chi connectivity index (χ0) is 11.7. The number of thioether (sulfide) groups is 1. The van der Waals surface area contributed by atoms with E-state index in [1.165, 1.54) is 6.42 Å². The fourth-order valence-corrected chi connectivity index (χ4v) is 3.53. The summed E-state index contributed by atoms with van der Waals surface area (Å²) in [6.07, 6.45) is 4.20. The van der Waals surface area contributed by atoms with Crippen LogP contribution in [0.2, 0.25) is 0 Å². The van der Waals surface area contributed by atoms with Gasteiger partial charge < -0.3 is 10.1 Å². The van der Waals surface area contributed by atoms with Crippen molar-refractivity contribution in [2.75, 3.05) is 0 Å². The van der Waals surface area contributed by atoms with Gasteiger partial charge in [0.2, 0.25) is 0 Å². The molecule has 2 N–H and O–H groups in total. The standard InChI is InChI=1S/C13H16N2OS/c16-11-7-3-4-8-12(11)17-13-14-9-5-1-2-6-10(9)15-13/h1-2,5-6,11-12,16H,3-4,7-8H2,(H,14,15)/t11-,12-/m1/s1. The summed E-state index contributed by atoms with van der Waals surface area (Å²) in [4.78, 5) is 7.84. The van der Waals surface area contributed by atoms with Crippen molar-refractivity contribution >= 4 is 22.8 Å². The number of nitrogens with one attached hydrogen (secondary N) is 1. The van der Waals surface area contributed by atoms with E-state index in [9.17, 15) is 5.11 Å². The summed E-state index contributed by atoms with van der Waals surface area (Å²) in [5.41, 5.74) is 2.07. The second-order valence-corrected chi connectivity index (χ2v) is 5.80. The van der Waals surface area contributed by atoms with Crippen molar-refractivity contribution in [2.45, 2.75) is 42.2 Å². The summed E-state index contributed by atoms with van der Waals surface area (Å²) in [5, 5.41) is 11.2. The van der Waals surface area contributed by atoms with Gasteiger partial charge in [0.25, 0.3) is 0 Å². The molecule has 3 rings (SSSR count). The van der Waals surface area contributed by atoms with Gasteiger partial charge in [0.15, 0.2) is 5.16 Å². The lowest BCUT2D eigenvalue weighted by Crippen LogP contribution is -2.26. The van der Waals surface area contributed by atoms with Crippen molar-refractivity contribution in [1.29, 1.82) is 0 Å². The summed E-state index contributed by atoms with van der Waals surface area (Å²) < 4.78 is 0. The Hall–Kier alpha value is -1.00. The van der Waals surface area contributed by atoms with Crippen molar-refractivity contribution in [3.63, 3.8) is 0 Å². The van der Waals surface area contributed by atoms with Crippen molar-refractivity contribution in [1.82, 2.24) is 9.97 Å². The molecule has 1 aromatic carbocycles. The maximum atomic E-state index is 9.94. The molecule has 17 heavy (non-hydrogen) atoms. The number of fused-ring (bicyclic) bond motifs is 1. The van der Waals surface area contributed by atoms with Crippen LogP contribution in [0, 0.1) is 0 Å². The summed E-state index contributed by atoms with van der Waals surface area (Å²) in [6, 6.07) is 8.04. The Kier molecular flexibility index (Phi) is 3.07. The number of nitrogens with zero attached hydrogens (tertiary/aromatic N) is 1. The maximum Gasteiger partial charge on any atom is 0.166 e. The third kappa shape index (κ3) is 2.33. The molecule has 1 aliphatic carbocycles. The molecular weight excluding hydrogens is 232 g/mol. The molecule has 1 aliphatic rings. The number of aliphatic hydroxyl groups is 1. The Balaban J connectivity index is 1.79. The number of hydrogen-bond donors (Lipinski definition) is 2. The molecule has 1 fully saturated rings. The number of benzene rings is 1. The monoisotopic (exact) mass is 248 g/mol. The predicted octanol–water partition coefficient (Wildman–Crippen LogP) is 2.96. The van der Waals surface area contributed by atoms with E-state index in [1.807, 2.05) is 24.3 Å². The number of aromatic nitrogens is 2. The Morgan fingerprint density at radius 2 is 2.06 bits per heavy atom. The van der Waals surface area contributed by atoms with Crippen molar-refractivity contribution < 1.29 is 5.11 Å². The topological polar surface area (TPSA) is 48.9 Å². The van der Waals surface area contributed by atoms with Crippen LogP contribution in [-0.2, 0) is 0 Å². The highest BCUT2D eigenvalue weighted by Gasteiger charge is 2.24. The molecule has 2 atom stereocenters. The van der Waals surface area contributed by atoms with Crippen LogP contribution >= 0.6 is 11.8 Å². The van der Waals surface area contributed by atoms with Crippen LogP contribution in [0.3, 0.4) is 0 Å². The van der Waals surface area contributed by atoms with E-state index in [1.54, 1.807) is 11.8 Å². The first-order valence-corrected chi connectivity index (χ1v) is 7.00. The Morgan fingerprint density at radius 1 is 1.24 bits per heavy atom. The van der Waals surface area contributed by atoms with Gasteiger partial charge in [-0.25, -0.2) is 4.98 Å². The summed E-state index contributed by atoms with van der Waals surface area (Å²) in [7, 11) is 0. The minimum absolute atomic E-state index is 0.179. The highest BCUT2D eigenvalue weighted by molar-refractivity contribution is 7.99. The maximum absolute atomic E-state index is 9.94. The third-order valence-electron chi connectivity index (χ3n) is 3.30. The molecule has 0 spiro atoms. The molecular formula is C13H16N2OS. The average molecular weight is 248 g/mol. The fourth-order valence-electron chi connectivity index (χ4n) is 2.34. The molecule has 1 aromatic heterocycles. The number of aromatic amines is 1. The molecule has 4 heteroatoms. The van der Waals surface area contributed by atoms with Crippen LogP contribution in [0.5, 0.6) is 0 Å². The van der Waals surface area contributed by atoms with Crippen molar-refractivity contribution in [3.8, 4) is 0 Å². The fraction of sp³-hybridized carbons (Fsp3) is 0.462.